The third-order valence-corrected chi connectivity index (χ3v) is 8.63. The Kier molecular flexibility index (Phi) is 9.85. The van der Waals surface area contributed by atoms with Crippen LogP contribution in [0.25, 0.3) is 0 Å². The van der Waals surface area contributed by atoms with Crippen molar-refractivity contribution in [2.45, 2.75) is 43.9 Å². The number of nitrogens with zero attached hydrogens (tertiary/aromatic N) is 3. The molecule has 1 aliphatic rings. The molecule has 1 aliphatic heterocycles. The summed E-state index contributed by atoms with van der Waals surface area (Å²) in [5.74, 6) is 0.864. The fourth-order valence-electron chi connectivity index (χ4n) is 4.85. The normalized spacial score (nSPS) is 18.5. The van der Waals surface area contributed by atoms with E-state index in [1.165, 1.54) is 19.2 Å². The number of ether oxygens (including phenoxy) is 2. The van der Waals surface area contributed by atoms with Crippen LogP contribution in [0.2, 0.25) is 0 Å². The largest absolute Gasteiger partial charge is 0.497 e. The van der Waals surface area contributed by atoms with Crippen LogP contribution in [0.1, 0.15) is 25.0 Å². The highest BCUT2D eigenvalue weighted by Gasteiger charge is 2.31. The minimum atomic E-state index is -3.88. The highest BCUT2D eigenvalue weighted by molar-refractivity contribution is 7.92. The molecule has 2 aromatic carbocycles. The molecule has 1 aromatic heterocycles. The molecule has 2 N–H and O–H groups in total. The minimum absolute atomic E-state index is 0.00404. The third kappa shape index (κ3) is 7.75. The number of hydrogen-bond donors (Lipinski definition) is 2. The number of amides is 1. The maximum Gasteiger partial charge on any atom is 0.261 e. The lowest BCUT2D eigenvalue weighted by atomic mass is 10.0. The van der Waals surface area contributed by atoms with Gasteiger partial charge in [0.05, 0.1) is 31.1 Å². The smallest absolute Gasteiger partial charge is 0.261 e. The van der Waals surface area contributed by atoms with Crippen LogP contribution in [0.3, 0.4) is 0 Å². The summed E-state index contributed by atoms with van der Waals surface area (Å²) in [7, 11) is -0.355. The Morgan fingerprint density at radius 1 is 1.17 bits per heavy atom. The Labute approximate surface area is 242 Å². The summed E-state index contributed by atoms with van der Waals surface area (Å²) in [6, 6.07) is 14.6. The van der Waals surface area contributed by atoms with Gasteiger partial charge >= 0.3 is 0 Å². The Morgan fingerprint density at radius 2 is 1.88 bits per heavy atom. The number of likely N-dealkylation sites (N-methyl/N-ethyl adjacent to an activating group) is 1. The first-order valence-corrected chi connectivity index (χ1v) is 15.0. The second-order valence-electron chi connectivity index (χ2n) is 10.5. The number of benzene rings is 2. The molecule has 0 spiro atoms. The molecule has 11 heteroatoms. The fourth-order valence-corrected chi connectivity index (χ4v) is 5.90. The Morgan fingerprint density at radius 3 is 2.54 bits per heavy atom. The van der Waals surface area contributed by atoms with Crippen LogP contribution in [-0.2, 0) is 27.8 Å². The summed E-state index contributed by atoms with van der Waals surface area (Å²) in [5.41, 5.74) is 2.01. The number of pyridine rings is 1. The molecule has 0 bridgehead atoms. The van der Waals surface area contributed by atoms with Gasteiger partial charge < -0.3 is 19.5 Å². The van der Waals surface area contributed by atoms with Crippen molar-refractivity contribution >= 4 is 21.6 Å². The third-order valence-electron chi connectivity index (χ3n) is 7.23. The Hall–Kier alpha value is -3.67. The van der Waals surface area contributed by atoms with Crippen LogP contribution in [0.4, 0.5) is 5.69 Å². The number of aliphatic hydroxyl groups is 1. The number of anilines is 1. The van der Waals surface area contributed by atoms with Gasteiger partial charge in [0.15, 0.2) is 0 Å². The van der Waals surface area contributed by atoms with Gasteiger partial charge in [-0.3, -0.25) is 19.4 Å². The first-order chi connectivity index (χ1) is 19.6. The number of methoxy groups -OCH3 is 1. The van der Waals surface area contributed by atoms with Crippen molar-refractivity contribution in [3.05, 3.63) is 78.1 Å². The van der Waals surface area contributed by atoms with Crippen LogP contribution in [0, 0.1) is 5.92 Å². The summed E-state index contributed by atoms with van der Waals surface area (Å²) in [6.45, 7) is 5.39. The van der Waals surface area contributed by atoms with Crippen LogP contribution < -0.4 is 14.2 Å². The number of carbonyl (C=O) groups excluding carboxylic acids is 1. The summed E-state index contributed by atoms with van der Waals surface area (Å²) >= 11 is 0. The molecule has 2 heterocycles. The van der Waals surface area contributed by atoms with Crippen LogP contribution in [0.5, 0.6) is 11.5 Å². The molecule has 0 fully saturated rings. The van der Waals surface area contributed by atoms with E-state index in [0.717, 1.165) is 5.56 Å². The van der Waals surface area contributed by atoms with Crippen molar-refractivity contribution in [1.29, 1.82) is 0 Å². The second kappa shape index (κ2) is 13.3. The highest BCUT2D eigenvalue weighted by atomic mass is 32.2. The van der Waals surface area contributed by atoms with E-state index in [0.29, 0.717) is 42.4 Å². The van der Waals surface area contributed by atoms with Crippen molar-refractivity contribution in [3.63, 3.8) is 0 Å². The molecule has 4 rings (SSSR count). The van der Waals surface area contributed by atoms with E-state index in [9.17, 15) is 18.3 Å². The molecule has 3 aromatic rings. The van der Waals surface area contributed by atoms with E-state index in [1.54, 1.807) is 47.6 Å². The number of aliphatic hydroxyl groups excluding tert-OH is 1. The number of nitrogens with one attached hydrogen (secondary N) is 1. The first-order valence-electron chi connectivity index (χ1n) is 13.5. The number of hydrogen-bond acceptors (Lipinski definition) is 8. The van der Waals surface area contributed by atoms with E-state index in [4.69, 9.17) is 9.47 Å². The van der Waals surface area contributed by atoms with Crippen LogP contribution in [-0.4, -0.2) is 80.2 Å². The van der Waals surface area contributed by atoms with Gasteiger partial charge in [-0.25, -0.2) is 8.42 Å². The molecule has 10 nitrogen and oxygen atoms in total. The predicted molar refractivity (Wildman–Crippen MR) is 156 cm³/mol. The lowest BCUT2D eigenvalue weighted by Crippen LogP contribution is -2.47. The molecule has 0 radical (unpaired) electrons. The molecule has 1 amide bonds. The van der Waals surface area contributed by atoms with Gasteiger partial charge in [-0.2, -0.15) is 0 Å². The number of fused-ring (bicyclic) bond motifs is 1. The number of aromatic nitrogens is 1. The summed E-state index contributed by atoms with van der Waals surface area (Å²) in [6.07, 6.45) is 3.25. The molecule has 0 saturated heterocycles. The van der Waals surface area contributed by atoms with Gasteiger partial charge in [0.2, 0.25) is 5.91 Å². The SMILES string of the molecule is COc1ccc(S(=O)(=O)Nc2ccc3c(c2)CC(=O)N([C@@H](C)CO)C[C@H](C)[C@@H](CN(C)Cc2ccncc2)O3)cc1. The fraction of sp³-hybridized carbons (Fsp3) is 0.400. The second-order valence-corrected chi connectivity index (χ2v) is 12.2. The van der Waals surface area contributed by atoms with Gasteiger partial charge in [-0.1, -0.05) is 6.92 Å². The summed E-state index contributed by atoms with van der Waals surface area (Å²) in [5, 5.41) is 9.88. The lowest BCUT2D eigenvalue weighted by Gasteiger charge is -2.34. The Balaban J connectivity index is 1.62. The van der Waals surface area contributed by atoms with Crippen molar-refractivity contribution < 1.29 is 27.8 Å². The van der Waals surface area contributed by atoms with Crippen molar-refractivity contribution in [3.8, 4) is 11.5 Å². The predicted octanol–water partition coefficient (Wildman–Crippen LogP) is 3.17. The van der Waals surface area contributed by atoms with Crippen molar-refractivity contribution in [2.75, 3.05) is 38.6 Å². The minimum Gasteiger partial charge on any atom is -0.497 e. The van der Waals surface area contributed by atoms with Crippen LogP contribution in [0.15, 0.2) is 71.9 Å². The standard InChI is InChI=1S/C30H38N4O6S/c1-21-17-34(22(2)20-35)30(36)16-24-15-25(32-41(37,38)27-8-6-26(39-4)7-9-27)5-10-28(24)40-29(21)19-33(3)18-23-11-13-31-14-12-23/h5-15,21-22,29,32,35H,16-20H2,1-4H3/t21-,22-,29+/m0/s1. The van der Waals surface area contributed by atoms with Crippen molar-refractivity contribution in [1.82, 2.24) is 14.8 Å². The molecular weight excluding hydrogens is 544 g/mol. The lowest BCUT2D eigenvalue weighted by molar-refractivity contribution is -0.134. The van der Waals surface area contributed by atoms with Gasteiger partial charge in [-0.15, -0.1) is 0 Å². The maximum absolute atomic E-state index is 13.5. The molecule has 3 atom stereocenters. The van der Waals surface area contributed by atoms with Gasteiger partial charge in [0.1, 0.15) is 17.6 Å². The monoisotopic (exact) mass is 582 g/mol. The van der Waals surface area contributed by atoms with E-state index >= 15 is 0 Å². The van der Waals surface area contributed by atoms with Gasteiger partial charge in [-0.05, 0) is 74.1 Å². The summed E-state index contributed by atoms with van der Waals surface area (Å²) in [4.78, 5) is 21.5. The highest BCUT2D eigenvalue weighted by Crippen LogP contribution is 2.30. The molecule has 0 saturated carbocycles. The maximum atomic E-state index is 13.5. The molecular formula is C30H38N4O6S. The topological polar surface area (TPSA) is 121 Å². The van der Waals surface area contributed by atoms with Crippen molar-refractivity contribution in [2.24, 2.45) is 5.92 Å². The molecule has 41 heavy (non-hydrogen) atoms. The zero-order valence-corrected chi connectivity index (χ0v) is 24.7. The molecule has 0 unspecified atom stereocenters. The van der Waals surface area contributed by atoms with E-state index in [2.05, 4.69) is 14.6 Å². The Bertz CT molecular complexity index is 1420. The summed E-state index contributed by atoms with van der Waals surface area (Å²) < 4.78 is 40.4. The van der Waals surface area contributed by atoms with Gasteiger partial charge in [0, 0.05) is 49.2 Å². The molecule has 220 valence electrons. The van der Waals surface area contributed by atoms with E-state index in [-0.39, 0.29) is 41.9 Å². The average Bonchev–Trinajstić information content (AvgIpc) is 3.00. The first kappa shape index (κ1) is 30.3. The van der Waals surface area contributed by atoms with E-state index in [1.807, 2.05) is 33.0 Å². The quantitative estimate of drug-likeness (QED) is 0.374. The molecule has 0 aliphatic carbocycles. The average molecular weight is 583 g/mol. The van der Waals surface area contributed by atoms with E-state index < -0.39 is 10.0 Å². The number of carbonyl (C=O) groups is 1. The number of sulfonamides is 1. The van der Waals surface area contributed by atoms with Gasteiger partial charge in [0.25, 0.3) is 10.0 Å². The number of rotatable bonds is 10. The zero-order chi connectivity index (χ0) is 29.6. The zero-order valence-electron chi connectivity index (χ0n) is 23.9. The van der Waals surface area contributed by atoms with Crippen LogP contribution >= 0.6 is 0 Å².